The van der Waals surface area contributed by atoms with Gasteiger partial charge in [-0.2, -0.15) is 0 Å². The number of fused-ring (bicyclic) bond motifs is 1. The Morgan fingerprint density at radius 3 is 2.88 bits per heavy atom. The zero-order valence-electron chi connectivity index (χ0n) is 13.1. The van der Waals surface area contributed by atoms with Crippen molar-refractivity contribution in [2.45, 2.75) is 12.6 Å². The second-order valence-electron chi connectivity index (χ2n) is 5.37. The predicted molar refractivity (Wildman–Crippen MR) is 87.2 cm³/mol. The molecule has 3 heterocycles. The van der Waals surface area contributed by atoms with Gasteiger partial charge in [0.15, 0.2) is 11.7 Å². The minimum atomic E-state index is -0.642. The molecule has 25 heavy (non-hydrogen) atoms. The van der Waals surface area contributed by atoms with Crippen LogP contribution < -0.4 is 5.32 Å². The van der Waals surface area contributed by atoms with Gasteiger partial charge in [0, 0.05) is 12.4 Å². The summed E-state index contributed by atoms with van der Waals surface area (Å²) >= 11 is 0. The summed E-state index contributed by atoms with van der Waals surface area (Å²) in [5.41, 5.74) is 2.38. The van der Waals surface area contributed by atoms with Gasteiger partial charge in [-0.25, -0.2) is 9.67 Å². The summed E-state index contributed by atoms with van der Waals surface area (Å²) in [6.45, 7) is 0.329. The highest BCUT2D eigenvalue weighted by Crippen LogP contribution is 2.17. The molecule has 1 amide bonds. The number of tetrazole rings is 1. The Morgan fingerprint density at radius 1 is 1.20 bits per heavy atom. The molecule has 0 saturated carbocycles. The predicted octanol–water partition coefficient (Wildman–Crippen LogP) is 0.622. The van der Waals surface area contributed by atoms with E-state index in [2.05, 4.69) is 30.8 Å². The van der Waals surface area contributed by atoms with Gasteiger partial charge >= 0.3 is 0 Å². The van der Waals surface area contributed by atoms with Gasteiger partial charge in [-0.15, -0.1) is 5.10 Å². The Morgan fingerprint density at radius 2 is 2.08 bits per heavy atom. The molecule has 0 unspecified atom stereocenters. The van der Waals surface area contributed by atoms with E-state index in [1.807, 2.05) is 34.7 Å². The van der Waals surface area contributed by atoms with Crippen LogP contribution >= 0.6 is 0 Å². The lowest BCUT2D eigenvalue weighted by Gasteiger charge is -2.16. The third kappa shape index (κ3) is 2.94. The van der Waals surface area contributed by atoms with Crippen molar-refractivity contribution >= 4 is 11.6 Å². The third-order valence-corrected chi connectivity index (χ3v) is 3.83. The van der Waals surface area contributed by atoms with Crippen LogP contribution in [-0.4, -0.2) is 40.5 Å². The molecule has 0 bridgehead atoms. The van der Waals surface area contributed by atoms with Crippen LogP contribution in [0, 0.1) is 0 Å². The van der Waals surface area contributed by atoms with E-state index < -0.39 is 6.04 Å². The van der Waals surface area contributed by atoms with Crippen molar-refractivity contribution in [2.75, 3.05) is 0 Å². The molecule has 1 atom stereocenters. The number of imidazole rings is 1. The molecule has 0 aliphatic rings. The van der Waals surface area contributed by atoms with Crippen LogP contribution in [0.1, 0.15) is 17.3 Å². The number of amides is 1. The number of carbonyl (C=O) groups is 1. The molecule has 4 aromatic rings. The number of hydrogen-bond acceptors (Lipinski definition) is 6. The fourth-order valence-corrected chi connectivity index (χ4v) is 2.65. The molecule has 0 saturated heterocycles. The van der Waals surface area contributed by atoms with E-state index in [1.54, 1.807) is 24.8 Å². The summed E-state index contributed by atoms with van der Waals surface area (Å²) in [4.78, 5) is 21.1. The van der Waals surface area contributed by atoms with Crippen LogP contribution in [0.15, 0.2) is 61.4 Å². The topological polar surface area (TPSA) is 103 Å². The Labute approximate surface area is 142 Å². The highest BCUT2D eigenvalue weighted by Gasteiger charge is 2.23. The monoisotopic (exact) mass is 334 g/mol. The second-order valence-corrected chi connectivity index (χ2v) is 5.37. The number of benzene rings is 1. The van der Waals surface area contributed by atoms with Crippen molar-refractivity contribution in [2.24, 2.45) is 0 Å². The van der Waals surface area contributed by atoms with Gasteiger partial charge in [0.2, 0.25) is 5.91 Å². The molecule has 1 aromatic carbocycles. The van der Waals surface area contributed by atoms with Crippen molar-refractivity contribution in [3.05, 3.63) is 72.7 Å². The fourth-order valence-electron chi connectivity index (χ4n) is 2.65. The lowest BCUT2D eigenvalue weighted by atomic mass is 10.1. The third-order valence-electron chi connectivity index (χ3n) is 3.83. The number of nitrogens with one attached hydrogen (secondary N) is 1. The van der Waals surface area contributed by atoms with E-state index in [9.17, 15) is 4.79 Å². The standard InChI is InChI=1S/C16H14N8O/c25-16(19-9-13-8-18-14-10-17-6-7-23(13)14)15(24-11-20-21-22-24)12-4-2-1-3-5-12/h1-8,10-11,15H,9H2,(H,19,25)/t15-/m0/s1. The SMILES string of the molecule is O=C(NCc1cnc2cnccn12)[C@H](c1ccccc1)n1cnnn1. The average Bonchev–Trinajstić information content (AvgIpc) is 3.31. The van der Waals surface area contributed by atoms with Gasteiger partial charge < -0.3 is 5.32 Å². The van der Waals surface area contributed by atoms with Gasteiger partial charge in [-0.3, -0.25) is 14.2 Å². The van der Waals surface area contributed by atoms with Gasteiger partial charge in [0.05, 0.1) is 24.6 Å². The molecule has 3 aromatic heterocycles. The molecule has 4 rings (SSSR count). The summed E-state index contributed by atoms with van der Waals surface area (Å²) in [6.07, 6.45) is 8.29. The van der Waals surface area contributed by atoms with Crippen LogP contribution in [0.4, 0.5) is 0 Å². The molecular formula is C16H14N8O. The molecule has 0 aliphatic carbocycles. The van der Waals surface area contributed by atoms with Crippen LogP contribution in [0.25, 0.3) is 5.65 Å². The molecule has 0 fully saturated rings. The fraction of sp³-hybridized carbons (Fsp3) is 0.125. The molecule has 0 aliphatic heterocycles. The first-order chi connectivity index (χ1) is 12.3. The van der Waals surface area contributed by atoms with Crippen LogP contribution in [-0.2, 0) is 11.3 Å². The van der Waals surface area contributed by atoms with Crippen molar-refractivity contribution in [1.82, 2.24) is 39.9 Å². The van der Waals surface area contributed by atoms with Crippen molar-refractivity contribution in [3.63, 3.8) is 0 Å². The molecule has 9 heteroatoms. The maximum absolute atomic E-state index is 12.8. The summed E-state index contributed by atoms with van der Waals surface area (Å²) in [6, 6.07) is 8.73. The van der Waals surface area contributed by atoms with Gasteiger partial charge in [0.25, 0.3) is 0 Å². The first-order valence-electron chi connectivity index (χ1n) is 7.64. The van der Waals surface area contributed by atoms with Gasteiger partial charge in [-0.1, -0.05) is 30.3 Å². The van der Waals surface area contributed by atoms with Crippen LogP contribution in [0.5, 0.6) is 0 Å². The Kier molecular flexibility index (Phi) is 3.87. The number of carbonyl (C=O) groups excluding carboxylic acids is 1. The number of aromatic nitrogens is 7. The maximum Gasteiger partial charge on any atom is 0.249 e. The summed E-state index contributed by atoms with van der Waals surface area (Å²) in [5.74, 6) is -0.206. The van der Waals surface area contributed by atoms with Gasteiger partial charge in [0.1, 0.15) is 6.33 Å². The minimum Gasteiger partial charge on any atom is -0.348 e. The molecule has 0 radical (unpaired) electrons. The number of rotatable bonds is 5. The lowest BCUT2D eigenvalue weighted by Crippen LogP contribution is -2.33. The summed E-state index contributed by atoms with van der Waals surface area (Å²) < 4.78 is 3.31. The Balaban J connectivity index is 1.57. The first-order valence-corrected chi connectivity index (χ1v) is 7.64. The molecule has 124 valence electrons. The quantitative estimate of drug-likeness (QED) is 0.574. The largest absolute Gasteiger partial charge is 0.348 e. The molecule has 0 spiro atoms. The molecular weight excluding hydrogens is 320 g/mol. The maximum atomic E-state index is 12.8. The van der Waals surface area contributed by atoms with E-state index in [-0.39, 0.29) is 5.91 Å². The normalized spacial score (nSPS) is 12.2. The highest BCUT2D eigenvalue weighted by atomic mass is 16.2. The summed E-state index contributed by atoms with van der Waals surface area (Å²) in [5, 5.41) is 14.1. The average molecular weight is 334 g/mol. The van der Waals surface area contributed by atoms with Gasteiger partial charge in [-0.05, 0) is 16.0 Å². The van der Waals surface area contributed by atoms with Crippen molar-refractivity contribution in [1.29, 1.82) is 0 Å². The first kappa shape index (κ1) is 14.9. The molecule has 1 N–H and O–H groups in total. The number of hydrogen-bond donors (Lipinski definition) is 1. The smallest absolute Gasteiger partial charge is 0.249 e. The van der Waals surface area contributed by atoms with Crippen molar-refractivity contribution in [3.8, 4) is 0 Å². The van der Waals surface area contributed by atoms with E-state index in [0.29, 0.717) is 6.54 Å². The van der Waals surface area contributed by atoms with Crippen LogP contribution in [0.3, 0.4) is 0 Å². The number of nitrogens with zero attached hydrogens (tertiary/aromatic N) is 7. The zero-order chi connectivity index (χ0) is 17.1. The van der Waals surface area contributed by atoms with Crippen LogP contribution in [0.2, 0.25) is 0 Å². The molecule has 9 nitrogen and oxygen atoms in total. The van der Waals surface area contributed by atoms with E-state index in [4.69, 9.17) is 0 Å². The summed E-state index contributed by atoms with van der Waals surface area (Å²) in [7, 11) is 0. The zero-order valence-corrected chi connectivity index (χ0v) is 13.1. The minimum absolute atomic E-state index is 0.206. The highest BCUT2D eigenvalue weighted by molar-refractivity contribution is 5.83. The Hall–Kier alpha value is -3.62. The van der Waals surface area contributed by atoms with E-state index >= 15 is 0 Å². The lowest BCUT2D eigenvalue weighted by molar-refractivity contribution is -0.123. The van der Waals surface area contributed by atoms with Crippen molar-refractivity contribution < 1.29 is 4.79 Å². The second kappa shape index (κ2) is 6.48. The van der Waals surface area contributed by atoms with E-state index in [1.165, 1.54) is 11.0 Å². The Bertz CT molecular complexity index is 980. The van der Waals surface area contributed by atoms with E-state index in [0.717, 1.165) is 16.9 Å².